The van der Waals surface area contributed by atoms with Crippen LogP contribution < -0.4 is 25.3 Å². The summed E-state index contributed by atoms with van der Waals surface area (Å²) in [7, 11) is 4.76. The van der Waals surface area contributed by atoms with Gasteiger partial charge in [-0.2, -0.15) is 0 Å². The highest BCUT2D eigenvalue weighted by Crippen LogP contribution is 2.41. The van der Waals surface area contributed by atoms with E-state index in [0.717, 1.165) is 43.5 Å². The minimum atomic E-state index is 0.534. The molecular weight excluding hydrogens is 460 g/mol. The van der Waals surface area contributed by atoms with Crippen molar-refractivity contribution in [1.29, 1.82) is 0 Å². The lowest BCUT2D eigenvalue weighted by Gasteiger charge is -2.15. The zero-order valence-corrected chi connectivity index (χ0v) is 20.3. The normalized spacial score (nSPS) is 11.3. The molecule has 8 heteroatoms. The monoisotopic (exact) mass is 484 g/mol. The second kappa shape index (κ2) is 9.52. The lowest BCUT2D eigenvalue weighted by atomic mass is 10.0. The van der Waals surface area contributed by atoms with Crippen LogP contribution in [-0.2, 0) is 0 Å². The Labute approximate surface area is 206 Å². The number of nitrogens with one attached hydrogen (secondary N) is 1. The van der Waals surface area contributed by atoms with Gasteiger partial charge in [0, 0.05) is 39.8 Å². The molecular formula is C27H24N4O3S. The number of nitrogens with zero attached hydrogens (tertiary/aromatic N) is 2. The molecule has 3 aromatic carbocycles. The van der Waals surface area contributed by atoms with Crippen molar-refractivity contribution in [3.05, 3.63) is 71.4 Å². The number of fused-ring (bicyclic) bond motifs is 2. The predicted octanol–water partition coefficient (Wildman–Crippen LogP) is 6.37. The third-order valence-electron chi connectivity index (χ3n) is 5.74. The Balaban J connectivity index is 1.50. The van der Waals surface area contributed by atoms with Crippen LogP contribution in [0.5, 0.6) is 17.2 Å². The summed E-state index contributed by atoms with van der Waals surface area (Å²) in [6.07, 6.45) is 5.73. The molecule has 0 spiro atoms. The molecule has 35 heavy (non-hydrogen) atoms. The molecule has 5 aromatic rings. The predicted molar refractivity (Wildman–Crippen MR) is 144 cm³/mol. The van der Waals surface area contributed by atoms with Crippen LogP contribution in [0.25, 0.3) is 33.1 Å². The molecule has 0 saturated heterocycles. The average molecular weight is 485 g/mol. The number of hydrogen-bond donors (Lipinski definition) is 2. The van der Waals surface area contributed by atoms with E-state index in [1.54, 1.807) is 39.0 Å². The number of hydrogen-bond acceptors (Lipinski definition) is 8. The highest BCUT2D eigenvalue weighted by Gasteiger charge is 2.15. The van der Waals surface area contributed by atoms with Gasteiger partial charge in [0.25, 0.3) is 0 Å². The summed E-state index contributed by atoms with van der Waals surface area (Å²) < 4.78 is 17.3. The zero-order valence-electron chi connectivity index (χ0n) is 19.5. The molecule has 0 radical (unpaired) electrons. The maximum Gasteiger partial charge on any atom is 0.203 e. The minimum absolute atomic E-state index is 0.534. The molecule has 7 nitrogen and oxygen atoms in total. The number of rotatable bonds is 7. The molecule has 0 bridgehead atoms. The van der Waals surface area contributed by atoms with Gasteiger partial charge >= 0.3 is 0 Å². The van der Waals surface area contributed by atoms with Gasteiger partial charge in [-0.15, -0.1) is 11.3 Å². The molecule has 3 N–H and O–H groups in total. The molecule has 2 aromatic heterocycles. The van der Waals surface area contributed by atoms with E-state index in [1.807, 2.05) is 42.5 Å². The molecule has 0 amide bonds. The van der Waals surface area contributed by atoms with Gasteiger partial charge in [0.05, 0.1) is 31.5 Å². The Bertz CT molecular complexity index is 1540. The first-order valence-corrected chi connectivity index (χ1v) is 11.8. The van der Waals surface area contributed by atoms with Gasteiger partial charge in [-0.1, -0.05) is 42.5 Å². The van der Waals surface area contributed by atoms with Crippen molar-refractivity contribution in [1.82, 2.24) is 9.97 Å². The summed E-state index contributed by atoms with van der Waals surface area (Å²) in [5.41, 5.74) is 10.7. The van der Waals surface area contributed by atoms with Gasteiger partial charge in [-0.3, -0.25) is 0 Å². The first-order chi connectivity index (χ1) is 17.1. The number of ether oxygens (including phenoxy) is 3. The van der Waals surface area contributed by atoms with Crippen molar-refractivity contribution in [2.24, 2.45) is 0 Å². The van der Waals surface area contributed by atoms with E-state index in [2.05, 4.69) is 38.9 Å². The highest BCUT2D eigenvalue weighted by atomic mass is 32.1. The lowest BCUT2D eigenvalue weighted by Crippen LogP contribution is -1.99. The Morgan fingerprint density at radius 2 is 1.57 bits per heavy atom. The second-order valence-electron chi connectivity index (χ2n) is 7.75. The van der Waals surface area contributed by atoms with E-state index in [1.165, 1.54) is 0 Å². The summed E-state index contributed by atoms with van der Waals surface area (Å²) in [5, 5.41) is 7.61. The summed E-state index contributed by atoms with van der Waals surface area (Å²) in [6, 6.07) is 15.8. The van der Waals surface area contributed by atoms with E-state index >= 15 is 0 Å². The van der Waals surface area contributed by atoms with Crippen molar-refractivity contribution in [3.8, 4) is 17.2 Å². The second-order valence-corrected chi connectivity index (χ2v) is 8.63. The Morgan fingerprint density at radius 1 is 0.857 bits per heavy atom. The molecule has 0 aliphatic heterocycles. The summed E-state index contributed by atoms with van der Waals surface area (Å²) in [6.45, 7) is 0. The van der Waals surface area contributed by atoms with Gasteiger partial charge in [0.2, 0.25) is 5.75 Å². The van der Waals surface area contributed by atoms with Crippen molar-refractivity contribution >= 4 is 61.7 Å². The number of methoxy groups -OCH3 is 3. The van der Waals surface area contributed by atoms with Crippen LogP contribution >= 0.6 is 11.3 Å². The first kappa shape index (κ1) is 22.5. The SMILES string of the molecule is COc1cc(Nc2ncnc3c(C=Cc4ccc(N)c5ccccc45)csc23)cc(OC)c1OC. The van der Waals surface area contributed by atoms with Crippen molar-refractivity contribution < 1.29 is 14.2 Å². The fraction of sp³-hybridized carbons (Fsp3) is 0.111. The van der Waals surface area contributed by atoms with Gasteiger partial charge < -0.3 is 25.3 Å². The largest absolute Gasteiger partial charge is 0.493 e. The maximum absolute atomic E-state index is 6.15. The molecule has 0 aliphatic rings. The standard InChI is InChI=1S/C27H24N4O3S/c1-32-22-12-18(13-23(33-2)25(22)34-3)31-27-26-24(29-15-30-27)17(14-35-26)9-8-16-10-11-21(28)20-7-5-4-6-19(16)20/h4-15H,28H2,1-3H3,(H,29,30,31). The van der Waals surface area contributed by atoms with E-state index in [0.29, 0.717) is 23.1 Å². The summed E-state index contributed by atoms with van der Waals surface area (Å²) >= 11 is 1.58. The average Bonchev–Trinajstić information content (AvgIpc) is 3.32. The fourth-order valence-electron chi connectivity index (χ4n) is 4.04. The smallest absolute Gasteiger partial charge is 0.203 e. The molecule has 0 saturated carbocycles. The third kappa shape index (κ3) is 4.20. The van der Waals surface area contributed by atoms with Crippen LogP contribution in [0.2, 0.25) is 0 Å². The van der Waals surface area contributed by atoms with Crippen molar-refractivity contribution in [3.63, 3.8) is 0 Å². The Morgan fingerprint density at radius 3 is 2.29 bits per heavy atom. The number of anilines is 3. The Kier molecular flexibility index (Phi) is 6.12. The number of thiophene rings is 1. The van der Waals surface area contributed by atoms with Gasteiger partial charge in [-0.25, -0.2) is 9.97 Å². The van der Waals surface area contributed by atoms with E-state index < -0.39 is 0 Å². The minimum Gasteiger partial charge on any atom is -0.493 e. The molecule has 2 heterocycles. The fourth-order valence-corrected chi connectivity index (χ4v) is 4.97. The van der Waals surface area contributed by atoms with E-state index in [-0.39, 0.29) is 0 Å². The van der Waals surface area contributed by atoms with E-state index in [9.17, 15) is 0 Å². The number of benzene rings is 3. The highest BCUT2D eigenvalue weighted by molar-refractivity contribution is 7.18. The van der Waals surface area contributed by atoms with Crippen LogP contribution in [0.1, 0.15) is 11.1 Å². The number of nitrogen functional groups attached to an aromatic ring is 1. The first-order valence-electron chi connectivity index (χ1n) is 10.9. The number of nitrogens with two attached hydrogens (primary N) is 1. The molecule has 0 fully saturated rings. The molecule has 176 valence electrons. The van der Waals surface area contributed by atoms with Crippen LogP contribution in [0.15, 0.2) is 60.2 Å². The molecule has 0 unspecified atom stereocenters. The van der Waals surface area contributed by atoms with Gasteiger partial charge in [-0.05, 0) is 17.0 Å². The molecule has 5 rings (SSSR count). The summed E-state index contributed by atoms with van der Waals surface area (Å²) in [4.78, 5) is 9.02. The quantitative estimate of drug-likeness (QED) is 0.259. The van der Waals surface area contributed by atoms with Crippen LogP contribution in [0.4, 0.5) is 17.2 Å². The maximum atomic E-state index is 6.15. The van der Waals surface area contributed by atoms with Crippen LogP contribution in [0, 0.1) is 0 Å². The van der Waals surface area contributed by atoms with E-state index in [4.69, 9.17) is 19.9 Å². The summed E-state index contributed by atoms with van der Waals surface area (Å²) in [5.74, 6) is 2.36. The zero-order chi connectivity index (χ0) is 24.4. The Hall–Kier alpha value is -4.30. The van der Waals surface area contributed by atoms with Crippen molar-refractivity contribution in [2.45, 2.75) is 0 Å². The van der Waals surface area contributed by atoms with Gasteiger partial charge in [0.1, 0.15) is 6.33 Å². The van der Waals surface area contributed by atoms with Crippen LogP contribution in [0.3, 0.4) is 0 Å². The topological polar surface area (TPSA) is 91.5 Å². The third-order valence-corrected chi connectivity index (χ3v) is 6.74. The van der Waals surface area contributed by atoms with Gasteiger partial charge in [0.15, 0.2) is 17.3 Å². The number of aromatic nitrogens is 2. The molecule has 0 atom stereocenters. The van der Waals surface area contributed by atoms with Crippen LogP contribution in [-0.4, -0.2) is 31.3 Å². The van der Waals surface area contributed by atoms with Crippen molar-refractivity contribution in [2.75, 3.05) is 32.4 Å². The molecule has 0 aliphatic carbocycles. The lowest BCUT2D eigenvalue weighted by molar-refractivity contribution is 0.324.